The second-order valence-electron chi connectivity index (χ2n) is 5.01. The summed E-state index contributed by atoms with van der Waals surface area (Å²) in [4.78, 5) is 0. The van der Waals surface area contributed by atoms with Gasteiger partial charge in [0.25, 0.3) is 0 Å². The number of ether oxygens (including phenoxy) is 1. The maximum atomic E-state index is 5.27. The van der Waals surface area contributed by atoms with Gasteiger partial charge in [0.05, 0.1) is 18.6 Å². The van der Waals surface area contributed by atoms with E-state index >= 15 is 0 Å². The number of hydrogen-bond acceptors (Lipinski definition) is 1. The molecule has 1 aliphatic heterocycles. The van der Waals surface area contributed by atoms with Crippen LogP contribution in [-0.2, 0) is 4.74 Å². The van der Waals surface area contributed by atoms with Gasteiger partial charge < -0.3 is 4.74 Å². The van der Waals surface area contributed by atoms with Gasteiger partial charge in [-0.15, -0.1) is 19.5 Å². The third-order valence-corrected chi connectivity index (χ3v) is 6.25. The van der Waals surface area contributed by atoms with Crippen LogP contribution in [0.5, 0.6) is 0 Å². The molecule has 0 radical (unpaired) electrons. The third-order valence-electron chi connectivity index (χ3n) is 3.06. The topological polar surface area (TPSA) is 12.5 Å². The van der Waals surface area contributed by atoms with Crippen molar-refractivity contribution in [1.29, 1.82) is 0 Å². The van der Waals surface area contributed by atoms with E-state index < -0.39 is 0 Å². The average Bonchev–Trinajstić information content (AvgIpc) is 3.22. The first-order valence-corrected chi connectivity index (χ1v) is 10.1. The third kappa shape index (κ3) is 13.1. The Morgan fingerprint density at radius 3 is 1.50 bits per heavy atom. The molecule has 0 aromatic rings. The van der Waals surface area contributed by atoms with Crippen molar-refractivity contribution in [3.05, 3.63) is 0 Å². The molecule has 110 valence electrons. The molecular formula is C15H32ClOP. The molecule has 18 heavy (non-hydrogen) atoms. The molecule has 1 atom stereocenters. The minimum absolute atomic E-state index is 0.400. The van der Waals surface area contributed by atoms with Gasteiger partial charge in [-0.1, -0.05) is 40.0 Å². The molecule has 3 heteroatoms. The summed E-state index contributed by atoms with van der Waals surface area (Å²) >= 11 is 5.27. The van der Waals surface area contributed by atoms with Crippen LogP contribution < -0.4 is 0 Å². The molecule has 1 saturated heterocycles. The molecule has 1 fully saturated rings. The van der Waals surface area contributed by atoms with E-state index in [0.29, 0.717) is 19.9 Å². The summed E-state index contributed by atoms with van der Waals surface area (Å²) in [6.45, 7) is 7.82. The van der Waals surface area contributed by atoms with Gasteiger partial charge in [0.1, 0.15) is 0 Å². The van der Waals surface area contributed by atoms with E-state index in [-0.39, 0.29) is 0 Å². The van der Waals surface area contributed by atoms with Crippen molar-refractivity contribution in [3.8, 4) is 0 Å². The predicted molar refractivity (Wildman–Crippen MR) is 86.7 cm³/mol. The summed E-state index contributed by atoms with van der Waals surface area (Å²) in [5, 5.41) is 0. The fraction of sp³-hybridized carbons (Fsp3) is 1.00. The van der Waals surface area contributed by atoms with Gasteiger partial charge in [-0.3, -0.25) is 0 Å². The number of rotatable bonds is 10. The molecule has 0 amide bonds. The summed E-state index contributed by atoms with van der Waals surface area (Å²) in [6, 6.07) is 0. The summed E-state index contributed by atoms with van der Waals surface area (Å²) in [6.07, 6.45) is 13.6. The SMILES string of the molecule is CCCCP(CCCC)CCCC.ClCC1CO1. The van der Waals surface area contributed by atoms with E-state index in [2.05, 4.69) is 20.8 Å². The van der Waals surface area contributed by atoms with E-state index in [1.54, 1.807) is 18.5 Å². The van der Waals surface area contributed by atoms with Gasteiger partial charge in [-0.05, 0) is 37.7 Å². The standard InChI is InChI=1S/C12H27P.C3H5ClO/c1-4-7-10-13(11-8-5-2)12-9-6-3;4-1-3-2-5-3/h4-12H2,1-3H3;3H,1-2H2. The van der Waals surface area contributed by atoms with Crippen LogP contribution in [0.15, 0.2) is 0 Å². The molecule has 0 aromatic heterocycles. The van der Waals surface area contributed by atoms with E-state index in [9.17, 15) is 0 Å². The Hall–Kier alpha value is 0.680. The Labute approximate surface area is 121 Å². The van der Waals surface area contributed by atoms with Crippen molar-refractivity contribution in [1.82, 2.24) is 0 Å². The van der Waals surface area contributed by atoms with Crippen LogP contribution >= 0.6 is 19.5 Å². The highest BCUT2D eigenvalue weighted by Crippen LogP contribution is 2.38. The van der Waals surface area contributed by atoms with E-state index in [4.69, 9.17) is 16.3 Å². The maximum absolute atomic E-state index is 5.27. The number of alkyl halides is 1. The molecule has 1 unspecified atom stereocenters. The molecule has 0 aliphatic carbocycles. The van der Waals surface area contributed by atoms with Gasteiger partial charge in [0.15, 0.2) is 0 Å². The quantitative estimate of drug-likeness (QED) is 0.295. The molecule has 1 heterocycles. The lowest BCUT2D eigenvalue weighted by Gasteiger charge is -2.16. The van der Waals surface area contributed by atoms with Gasteiger partial charge in [-0.25, -0.2) is 0 Å². The van der Waals surface area contributed by atoms with Gasteiger partial charge in [0, 0.05) is 0 Å². The Balaban J connectivity index is 0.000000473. The monoisotopic (exact) mass is 294 g/mol. The molecule has 0 saturated carbocycles. The fourth-order valence-corrected chi connectivity index (χ4v) is 4.78. The Bertz CT molecular complexity index is 144. The molecule has 1 aliphatic rings. The number of hydrogen-bond donors (Lipinski definition) is 0. The minimum atomic E-state index is 0.400. The van der Waals surface area contributed by atoms with E-state index in [1.165, 1.54) is 38.5 Å². The van der Waals surface area contributed by atoms with Gasteiger partial charge >= 0.3 is 0 Å². The van der Waals surface area contributed by atoms with Crippen molar-refractivity contribution in [2.45, 2.75) is 65.4 Å². The first kappa shape index (κ1) is 18.7. The van der Waals surface area contributed by atoms with Crippen LogP contribution in [0.1, 0.15) is 59.3 Å². The van der Waals surface area contributed by atoms with Crippen molar-refractivity contribution in [2.75, 3.05) is 31.0 Å². The summed E-state index contributed by atoms with van der Waals surface area (Å²) in [7, 11) is 0.422. The highest BCUT2D eigenvalue weighted by Gasteiger charge is 2.19. The fourth-order valence-electron chi connectivity index (χ4n) is 1.64. The number of unbranched alkanes of at least 4 members (excludes halogenated alkanes) is 3. The Morgan fingerprint density at radius 2 is 1.33 bits per heavy atom. The molecule has 0 aromatic carbocycles. The van der Waals surface area contributed by atoms with Crippen LogP contribution in [0, 0.1) is 0 Å². The lowest BCUT2D eigenvalue weighted by molar-refractivity contribution is 0.425. The van der Waals surface area contributed by atoms with Crippen LogP contribution in [0.3, 0.4) is 0 Å². The van der Waals surface area contributed by atoms with Crippen LogP contribution in [0.25, 0.3) is 0 Å². The lowest BCUT2D eigenvalue weighted by Crippen LogP contribution is -1.95. The van der Waals surface area contributed by atoms with E-state index in [0.717, 1.165) is 6.61 Å². The van der Waals surface area contributed by atoms with E-state index in [1.807, 2.05) is 0 Å². The summed E-state index contributed by atoms with van der Waals surface area (Å²) in [5.74, 6) is 0.667. The molecule has 0 spiro atoms. The number of halogens is 1. The molecule has 1 nitrogen and oxygen atoms in total. The van der Waals surface area contributed by atoms with Crippen LogP contribution in [0.2, 0.25) is 0 Å². The van der Waals surface area contributed by atoms with Gasteiger partial charge in [0.2, 0.25) is 0 Å². The molecular weight excluding hydrogens is 263 g/mol. The normalized spacial score (nSPS) is 17.5. The highest BCUT2D eigenvalue weighted by molar-refractivity contribution is 7.57. The molecule has 1 rings (SSSR count). The second kappa shape index (κ2) is 14.1. The first-order chi connectivity index (χ1) is 8.78. The molecule has 0 bridgehead atoms. The van der Waals surface area contributed by atoms with Crippen molar-refractivity contribution < 1.29 is 4.74 Å². The van der Waals surface area contributed by atoms with Crippen molar-refractivity contribution >= 4 is 19.5 Å². The zero-order valence-corrected chi connectivity index (χ0v) is 14.2. The minimum Gasteiger partial charge on any atom is -0.372 e. The van der Waals surface area contributed by atoms with Crippen LogP contribution in [0.4, 0.5) is 0 Å². The summed E-state index contributed by atoms with van der Waals surface area (Å²) < 4.78 is 4.73. The van der Waals surface area contributed by atoms with Crippen molar-refractivity contribution in [2.24, 2.45) is 0 Å². The lowest BCUT2D eigenvalue weighted by atomic mass is 10.4. The Morgan fingerprint density at radius 1 is 0.944 bits per heavy atom. The number of epoxide rings is 1. The second-order valence-corrected chi connectivity index (χ2v) is 8.00. The average molecular weight is 295 g/mol. The maximum Gasteiger partial charge on any atom is 0.0944 e. The van der Waals surface area contributed by atoms with Crippen molar-refractivity contribution in [3.63, 3.8) is 0 Å². The van der Waals surface area contributed by atoms with Gasteiger partial charge in [-0.2, -0.15) is 0 Å². The largest absolute Gasteiger partial charge is 0.372 e. The first-order valence-electron chi connectivity index (χ1n) is 7.68. The zero-order chi connectivity index (χ0) is 13.6. The summed E-state index contributed by atoms with van der Waals surface area (Å²) in [5.41, 5.74) is 0. The molecule has 0 N–H and O–H groups in total. The highest BCUT2D eigenvalue weighted by atomic mass is 35.5. The van der Waals surface area contributed by atoms with Crippen LogP contribution in [-0.4, -0.2) is 37.1 Å². The Kier molecular flexibility index (Phi) is 14.6. The zero-order valence-electron chi connectivity index (χ0n) is 12.6. The smallest absolute Gasteiger partial charge is 0.0944 e. The predicted octanol–water partition coefficient (Wildman–Crippen LogP) is 5.49.